The van der Waals surface area contributed by atoms with E-state index in [-0.39, 0.29) is 12.4 Å². The largest absolute Gasteiger partial charge is 0.458 e. The van der Waals surface area contributed by atoms with Gasteiger partial charge in [-0.2, -0.15) is 0 Å². The minimum absolute atomic E-state index is 0. The highest BCUT2D eigenvalue weighted by Crippen LogP contribution is 2.14. The van der Waals surface area contributed by atoms with Crippen molar-refractivity contribution in [3.63, 3.8) is 0 Å². The fourth-order valence-electron chi connectivity index (χ4n) is 1.14. The topological polar surface area (TPSA) is 78.3 Å². The molecule has 16 heavy (non-hydrogen) atoms. The van der Waals surface area contributed by atoms with Gasteiger partial charge in [-0.15, -0.1) is 12.4 Å². The Kier molecular flexibility index (Phi) is 8.00. The zero-order valence-corrected chi connectivity index (χ0v) is 11.5. The minimum Gasteiger partial charge on any atom is -0.458 e. The van der Waals surface area contributed by atoms with Crippen LogP contribution in [0.2, 0.25) is 0 Å². The molecule has 0 bridgehead atoms. The molecule has 98 valence electrons. The molecular formula is C11H25ClN2O2. The van der Waals surface area contributed by atoms with Gasteiger partial charge in [0.05, 0.1) is 0 Å². The molecule has 0 amide bonds. The first-order valence-electron chi connectivity index (χ1n) is 5.50. The van der Waals surface area contributed by atoms with E-state index in [4.69, 9.17) is 16.2 Å². The number of unbranched alkanes of at least 4 members (excludes halogenated alkanes) is 2. The fourth-order valence-corrected chi connectivity index (χ4v) is 1.14. The Labute approximate surface area is 104 Å². The Bertz CT molecular complexity index is 213. The van der Waals surface area contributed by atoms with Crippen LogP contribution in [0.1, 0.15) is 53.4 Å². The van der Waals surface area contributed by atoms with Crippen molar-refractivity contribution in [1.82, 2.24) is 0 Å². The molecule has 0 rings (SSSR count). The van der Waals surface area contributed by atoms with Gasteiger partial charge in [-0.25, -0.2) is 4.79 Å². The second kappa shape index (κ2) is 7.09. The number of nitrogens with two attached hydrogens (primary N) is 2. The average Bonchev–Trinajstić information content (AvgIpc) is 2.01. The van der Waals surface area contributed by atoms with Gasteiger partial charge in [-0.3, -0.25) is 0 Å². The number of hydrogen-bond acceptors (Lipinski definition) is 4. The van der Waals surface area contributed by atoms with Crippen LogP contribution in [0.15, 0.2) is 0 Å². The third-order valence-electron chi connectivity index (χ3n) is 1.97. The lowest BCUT2D eigenvalue weighted by Crippen LogP contribution is -2.58. The van der Waals surface area contributed by atoms with Crippen molar-refractivity contribution in [3.05, 3.63) is 0 Å². The summed E-state index contributed by atoms with van der Waals surface area (Å²) in [6.45, 7) is 7.48. The zero-order chi connectivity index (χ0) is 12.1. The molecule has 0 spiro atoms. The van der Waals surface area contributed by atoms with Crippen LogP contribution in [0.25, 0.3) is 0 Å². The summed E-state index contributed by atoms with van der Waals surface area (Å²) >= 11 is 0. The van der Waals surface area contributed by atoms with Gasteiger partial charge in [0, 0.05) is 0 Å². The maximum Gasteiger partial charge on any atom is 0.341 e. The highest BCUT2D eigenvalue weighted by molar-refractivity contribution is 5.85. The predicted octanol–water partition coefficient (Wildman–Crippen LogP) is 1.94. The molecule has 0 radical (unpaired) electrons. The van der Waals surface area contributed by atoms with Crippen molar-refractivity contribution in [2.45, 2.75) is 64.6 Å². The molecule has 0 aliphatic carbocycles. The van der Waals surface area contributed by atoms with Crippen molar-refractivity contribution in [2.75, 3.05) is 0 Å². The highest BCUT2D eigenvalue weighted by Gasteiger charge is 2.33. The molecule has 0 fully saturated rings. The number of rotatable bonds is 5. The maximum absolute atomic E-state index is 11.6. The quantitative estimate of drug-likeness (QED) is 0.445. The molecule has 0 aliphatic heterocycles. The molecule has 0 saturated carbocycles. The minimum atomic E-state index is -1.34. The standard InChI is InChI=1S/C11H24N2O2.ClH/c1-5-6-7-8-11(12,13)9(14)15-10(2,3)4;/h5-8,12-13H2,1-4H3;1H. The molecule has 0 aromatic rings. The first-order valence-corrected chi connectivity index (χ1v) is 5.50. The zero-order valence-electron chi connectivity index (χ0n) is 10.7. The Morgan fingerprint density at radius 3 is 2.06 bits per heavy atom. The highest BCUT2D eigenvalue weighted by atomic mass is 35.5. The van der Waals surface area contributed by atoms with Gasteiger partial charge in [-0.1, -0.05) is 19.8 Å². The van der Waals surface area contributed by atoms with Crippen LogP contribution in [-0.4, -0.2) is 17.2 Å². The molecule has 0 unspecified atom stereocenters. The van der Waals surface area contributed by atoms with Crippen LogP contribution in [0.5, 0.6) is 0 Å². The van der Waals surface area contributed by atoms with Crippen LogP contribution < -0.4 is 11.5 Å². The van der Waals surface area contributed by atoms with E-state index in [2.05, 4.69) is 6.92 Å². The number of carbonyl (C=O) groups excluding carboxylic acids is 1. The molecule has 4 N–H and O–H groups in total. The average molecular weight is 253 g/mol. The summed E-state index contributed by atoms with van der Waals surface area (Å²) in [5.74, 6) is -0.522. The van der Waals surface area contributed by atoms with Crippen molar-refractivity contribution in [3.8, 4) is 0 Å². The van der Waals surface area contributed by atoms with E-state index in [1.165, 1.54) is 0 Å². The normalized spacial score (nSPS) is 11.9. The fraction of sp³-hybridized carbons (Fsp3) is 0.909. The summed E-state index contributed by atoms with van der Waals surface area (Å²) in [6.07, 6.45) is 3.42. The van der Waals surface area contributed by atoms with Crippen molar-refractivity contribution in [1.29, 1.82) is 0 Å². The third-order valence-corrected chi connectivity index (χ3v) is 1.97. The van der Waals surface area contributed by atoms with Gasteiger partial charge < -0.3 is 16.2 Å². The molecule has 0 saturated heterocycles. The summed E-state index contributed by atoms with van der Waals surface area (Å²) < 4.78 is 5.14. The number of esters is 1. The Morgan fingerprint density at radius 2 is 1.69 bits per heavy atom. The van der Waals surface area contributed by atoms with Gasteiger partial charge in [0.2, 0.25) is 0 Å². The van der Waals surface area contributed by atoms with E-state index in [1.54, 1.807) is 20.8 Å². The van der Waals surface area contributed by atoms with Crippen LogP contribution in [0.4, 0.5) is 0 Å². The summed E-state index contributed by atoms with van der Waals surface area (Å²) in [5.41, 5.74) is 9.54. The van der Waals surface area contributed by atoms with Gasteiger partial charge in [-0.05, 0) is 33.6 Å². The maximum atomic E-state index is 11.6. The molecule has 0 aromatic heterocycles. The van der Waals surface area contributed by atoms with Gasteiger partial charge >= 0.3 is 5.97 Å². The van der Waals surface area contributed by atoms with E-state index in [0.29, 0.717) is 6.42 Å². The van der Waals surface area contributed by atoms with E-state index in [0.717, 1.165) is 19.3 Å². The number of halogens is 1. The Balaban J connectivity index is 0. The van der Waals surface area contributed by atoms with Crippen LogP contribution in [0, 0.1) is 0 Å². The van der Waals surface area contributed by atoms with E-state index in [9.17, 15) is 4.79 Å². The summed E-state index contributed by atoms with van der Waals surface area (Å²) in [5, 5.41) is 0. The smallest absolute Gasteiger partial charge is 0.341 e. The monoisotopic (exact) mass is 252 g/mol. The molecule has 0 aliphatic rings. The first-order chi connectivity index (χ1) is 6.69. The summed E-state index contributed by atoms with van der Waals surface area (Å²) in [6, 6.07) is 0. The Morgan fingerprint density at radius 1 is 1.19 bits per heavy atom. The first kappa shape index (κ1) is 18.1. The van der Waals surface area contributed by atoms with Gasteiger partial charge in [0.25, 0.3) is 0 Å². The van der Waals surface area contributed by atoms with E-state index >= 15 is 0 Å². The Hall–Kier alpha value is -0.320. The lowest BCUT2D eigenvalue weighted by atomic mass is 10.0. The number of hydrogen-bond donors (Lipinski definition) is 2. The number of carbonyl (C=O) groups is 1. The third kappa shape index (κ3) is 7.91. The van der Waals surface area contributed by atoms with Crippen LogP contribution >= 0.6 is 12.4 Å². The molecule has 5 heteroatoms. The lowest BCUT2D eigenvalue weighted by molar-refractivity contribution is -0.161. The van der Waals surface area contributed by atoms with Crippen LogP contribution in [0.3, 0.4) is 0 Å². The SMILES string of the molecule is CCCCCC(N)(N)C(=O)OC(C)(C)C.Cl. The van der Waals surface area contributed by atoms with Gasteiger partial charge in [0.15, 0.2) is 5.66 Å². The number of ether oxygens (including phenoxy) is 1. The van der Waals surface area contributed by atoms with Gasteiger partial charge in [0.1, 0.15) is 5.60 Å². The predicted molar refractivity (Wildman–Crippen MR) is 68.3 cm³/mol. The summed E-state index contributed by atoms with van der Waals surface area (Å²) in [7, 11) is 0. The molecule has 0 aromatic carbocycles. The lowest BCUT2D eigenvalue weighted by Gasteiger charge is -2.28. The van der Waals surface area contributed by atoms with Crippen molar-refractivity contribution < 1.29 is 9.53 Å². The van der Waals surface area contributed by atoms with E-state index in [1.807, 2.05) is 0 Å². The van der Waals surface area contributed by atoms with E-state index < -0.39 is 17.2 Å². The molecular weight excluding hydrogens is 228 g/mol. The molecule has 4 nitrogen and oxygen atoms in total. The second-order valence-electron chi connectivity index (χ2n) is 5.00. The molecule has 0 heterocycles. The van der Waals surface area contributed by atoms with Crippen molar-refractivity contribution >= 4 is 18.4 Å². The molecule has 0 atom stereocenters. The van der Waals surface area contributed by atoms with Crippen molar-refractivity contribution in [2.24, 2.45) is 11.5 Å². The van der Waals surface area contributed by atoms with Crippen LogP contribution in [-0.2, 0) is 9.53 Å². The second-order valence-corrected chi connectivity index (χ2v) is 5.00. The summed E-state index contributed by atoms with van der Waals surface area (Å²) in [4.78, 5) is 11.6.